The van der Waals surface area contributed by atoms with Crippen molar-refractivity contribution in [3.05, 3.63) is 12.2 Å². The summed E-state index contributed by atoms with van der Waals surface area (Å²) in [5.74, 6) is 0.338. The molecule has 13 heavy (non-hydrogen) atoms. The zero-order valence-electron chi connectivity index (χ0n) is 7.64. The molecular formula is C7H12N4O2. The van der Waals surface area contributed by atoms with Crippen LogP contribution in [-0.2, 0) is 17.9 Å². The lowest BCUT2D eigenvalue weighted by Gasteiger charge is -2.10. The van der Waals surface area contributed by atoms with Crippen molar-refractivity contribution in [3.63, 3.8) is 0 Å². The van der Waals surface area contributed by atoms with E-state index in [1.807, 2.05) is 0 Å². The fraction of sp³-hybridized carbons (Fsp3) is 0.571. The molecule has 0 aliphatic carbocycles. The van der Waals surface area contributed by atoms with E-state index in [0.29, 0.717) is 5.82 Å². The fourth-order valence-electron chi connectivity index (χ4n) is 0.821. The van der Waals surface area contributed by atoms with Crippen molar-refractivity contribution in [2.75, 3.05) is 14.1 Å². The van der Waals surface area contributed by atoms with E-state index < -0.39 is 0 Å². The SMILES string of the molecule is CN(C)C(=O)Cn1cnnc1CO. The van der Waals surface area contributed by atoms with Crippen molar-refractivity contribution >= 4 is 5.91 Å². The number of likely N-dealkylation sites (N-methyl/N-ethyl adjacent to an activating group) is 1. The lowest BCUT2D eigenvalue weighted by molar-refractivity contribution is -0.129. The molecule has 0 radical (unpaired) electrons. The third-order valence-corrected chi connectivity index (χ3v) is 1.64. The average Bonchev–Trinajstić information content (AvgIpc) is 2.51. The molecule has 0 bridgehead atoms. The second kappa shape index (κ2) is 3.99. The Morgan fingerprint density at radius 2 is 2.38 bits per heavy atom. The normalized spacial score (nSPS) is 10.1. The topological polar surface area (TPSA) is 71.2 Å². The summed E-state index contributed by atoms with van der Waals surface area (Å²) in [6, 6.07) is 0. The molecule has 0 unspecified atom stereocenters. The summed E-state index contributed by atoms with van der Waals surface area (Å²) in [4.78, 5) is 12.7. The molecule has 1 aromatic heterocycles. The molecule has 72 valence electrons. The van der Waals surface area contributed by atoms with Gasteiger partial charge in [0.25, 0.3) is 0 Å². The Kier molecular flexibility index (Phi) is 2.97. The molecule has 1 heterocycles. The van der Waals surface area contributed by atoms with Gasteiger partial charge >= 0.3 is 0 Å². The van der Waals surface area contributed by atoms with Gasteiger partial charge in [-0.25, -0.2) is 0 Å². The highest BCUT2D eigenvalue weighted by Crippen LogP contribution is 1.95. The Morgan fingerprint density at radius 3 is 2.92 bits per heavy atom. The van der Waals surface area contributed by atoms with Crippen LogP contribution in [0.5, 0.6) is 0 Å². The number of carbonyl (C=O) groups excluding carboxylic acids is 1. The quantitative estimate of drug-likeness (QED) is 0.644. The number of aromatic nitrogens is 3. The predicted octanol–water partition coefficient (Wildman–Crippen LogP) is -1.14. The Bertz CT molecular complexity index is 294. The maximum atomic E-state index is 11.2. The van der Waals surface area contributed by atoms with Crippen molar-refractivity contribution < 1.29 is 9.90 Å². The number of aliphatic hydroxyl groups is 1. The second-order valence-electron chi connectivity index (χ2n) is 2.82. The van der Waals surface area contributed by atoms with Crippen LogP contribution < -0.4 is 0 Å². The van der Waals surface area contributed by atoms with Crippen LogP contribution in [0.2, 0.25) is 0 Å². The van der Waals surface area contributed by atoms with Crippen LogP contribution in [0.25, 0.3) is 0 Å². The third kappa shape index (κ3) is 2.25. The van der Waals surface area contributed by atoms with Gasteiger partial charge < -0.3 is 14.6 Å². The van der Waals surface area contributed by atoms with E-state index in [-0.39, 0.29) is 19.1 Å². The summed E-state index contributed by atoms with van der Waals surface area (Å²) in [6.45, 7) is -0.0450. The van der Waals surface area contributed by atoms with Crippen LogP contribution in [0, 0.1) is 0 Å². The maximum Gasteiger partial charge on any atom is 0.242 e. The number of hydrogen-bond donors (Lipinski definition) is 1. The van der Waals surface area contributed by atoms with Crippen LogP contribution in [-0.4, -0.2) is 44.8 Å². The van der Waals surface area contributed by atoms with Gasteiger partial charge in [-0.2, -0.15) is 0 Å². The first-order chi connectivity index (χ1) is 6.15. The van der Waals surface area contributed by atoms with Crippen LogP contribution in [0.4, 0.5) is 0 Å². The molecule has 0 aromatic carbocycles. The third-order valence-electron chi connectivity index (χ3n) is 1.64. The van der Waals surface area contributed by atoms with E-state index in [1.54, 1.807) is 14.1 Å². The zero-order chi connectivity index (χ0) is 9.84. The van der Waals surface area contributed by atoms with Crippen molar-refractivity contribution in [3.8, 4) is 0 Å². The summed E-state index contributed by atoms with van der Waals surface area (Å²) in [6.07, 6.45) is 1.42. The van der Waals surface area contributed by atoms with E-state index in [4.69, 9.17) is 5.11 Å². The first-order valence-electron chi connectivity index (χ1n) is 3.83. The Hall–Kier alpha value is -1.43. The van der Waals surface area contributed by atoms with E-state index in [2.05, 4.69) is 10.2 Å². The average molecular weight is 184 g/mol. The van der Waals surface area contributed by atoms with E-state index in [9.17, 15) is 4.79 Å². The highest BCUT2D eigenvalue weighted by molar-refractivity contribution is 5.75. The van der Waals surface area contributed by atoms with Gasteiger partial charge in [-0.1, -0.05) is 0 Å². The summed E-state index contributed by atoms with van der Waals surface area (Å²) in [7, 11) is 3.34. The molecule has 1 rings (SSSR count). The van der Waals surface area contributed by atoms with Gasteiger partial charge in [-0.15, -0.1) is 10.2 Å². The predicted molar refractivity (Wildman–Crippen MR) is 44.6 cm³/mol. The van der Waals surface area contributed by atoms with Gasteiger partial charge in [0.15, 0.2) is 5.82 Å². The number of rotatable bonds is 3. The van der Waals surface area contributed by atoms with Crippen molar-refractivity contribution in [1.29, 1.82) is 0 Å². The van der Waals surface area contributed by atoms with Crippen LogP contribution in [0.15, 0.2) is 6.33 Å². The molecule has 1 amide bonds. The Morgan fingerprint density at radius 1 is 1.69 bits per heavy atom. The number of amides is 1. The lowest BCUT2D eigenvalue weighted by Crippen LogP contribution is -2.26. The van der Waals surface area contributed by atoms with Gasteiger partial charge in [-0.05, 0) is 0 Å². The fourth-order valence-corrected chi connectivity index (χ4v) is 0.821. The van der Waals surface area contributed by atoms with Crippen LogP contribution >= 0.6 is 0 Å². The molecule has 0 aliphatic heterocycles. The number of carbonyl (C=O) groups is 1. The largest absolute Gasteiger partial charge is 0.388 e. The summed E-state index contributed by atoms with van der Waals surface area (Å²) in [5, 5.41) is 16.0. The molecular weight excluding hydrogens is 172 g/mol. The Balaban J connectivity index is 2.68. The summed E-state index contributed by atoms with van der Waals surface area (Å²) >= 11 is 0. The standard InChI is InChI=1S/C7H12N4O2/c1-10(2)7(13)3-11-5-8-9-6(11)4-12/h5,12H,3-4H2,1-2H3. The van der Waals surface area contributed by atoms with Crippen molar-refractivity contribution in [1.82, 2.24) is 19.7 Å². The Labute approximate surface area is 75.8 Å². The van der Waals surface area contributed by atoms with Gasteiger partial charge in [0.05, 0.1) is 0 Å². The summed E-state index contributed by atoms with van der Waals surface area (Å²) < 4.78 is 1.52. The molecule has 0 fully saturated rings. The van der Waals surface area contributed by atoms with E-state index >= 15 is 0 Å². The minimum Gasteiger partial charge on any atom is -0.388 e. The van der Waals surface area contributed by atoms with E-state index in [1.165, 1.54) is 15.8 Å². The molecule has 0 saturated heterocycles. The van der Waals surface area contributed by atoms with Crippen LogP contribution in [0.3, 0.4) is 0 Å². The molecule has 1 aromatic rings. The van der Waals surface area contributed by atoms with Crippen LogP contribution in [0.1, 0.15) is 5.82 Å². The summed E-state index contributed by atoms with van der Waals surface area (Å²) in [5.41, 5.74) is 0. The van der Waals surface area contributed by atoms with Crippen molar-refractivity contribution in [2.24, 2.45) is 0 Å². The first-order valence-corrected chi connectivity index (χ1v) is 3.83. The second-order valence-corrected chi connectivity index (χ2v) is 2.82. The molecule has 0 atom stereocenters. The first kappa shape index (κ1) is 9.66. The maximum absolute atomic E-state index is 11.2. The number of hydrogen-bond acceptors (Lipinski definition) is 4. The van der Waals surface area contributed by atoms with Gasteiger partial charge in [0.1, 0.15) is 19.5 Å². The molecule has 0 saturated carbocycles. The molecule has 0 spiro atoms. The molecule has 6 nitrogen and oxygen atoms in total. The number of nitrogens with zero attached hydrogens (tertiary/aromatic N) is 4. The number of aliphatic hydroxyl groups excluding tert-OH is 1. The van der Waals surface area contributed by atoms with Gasteiger partial charge in [0, 0.05) is 14.1 Å². The van der Waals surface area contributed by atoms with Gasteiger partial charge in [0.2, 0.25) is 5.91 Å². The van der Waals surface area contributed by atoms with E-state index in [0.717, 1.165) is 0 Å². The molecule has 0 aliphatic rings. The molecule has 6 heteroatoms. The monoisotopic (exact) mass is 184 g/mol. The zero-order valence-corrected chi connectivity index (χ0v) is 7.64. The molecule has 1 N–H and O–H groups in total. The highest BCUT2D eigenvalue weighted by atomic mass is 16.3. The minimum atomic E-state index is -0.208. The van der Waals surface area contributed by atoms with Gasteiger partial charge in [-0.3, -0.25) is 4.79 Å². The van der Waals surface area contributed by atoms with Crippen molar-refractivity contribution in [2.45, 2.75) is 13.2 Å². The highest BCUT2D eigenvalue weighted by Gasteiger charge is 2.08. The minimum absolute atomic E-state index is 0.0606. The lowest BCUT2D eigenvalue weighted by atomic mass is 10.5. The smallest absolute Gasteiger partial charge is 0.242 e.